The Labute approximate surface area is 123 Å². The lowest BCUT2D eigenvalue weighted by molar-refractivity contribution is 0.0947. The van der Waals surface area contributed by atoms with Gasteiger partial charge in [0.15, 0.2) is 11.6 Å². The number of aromatic nitrogens is 1. The summed E-state index contributed by atoms with van der Waals surface area (Å²) >= 11 is 0. The largest absolute Gasteiger partial charge is 0.368 e. The summed E-state index contributed by atoms with van der Waals surface area (Å²) in [6.07, 6.45) is 1.42. The van der Waals surface area contributed by atoms with Crippen LogP contribution in [0.1, 0.15) is 28.4 Å². The van der Waals surface area contributed by atoms with Crippen molar-refractivity contribution >= 4 is 11.7 Å². The number of aryl methyl sites for hydroxylation is 1. The van der Waals surface area contributed by atoms with Gasteiger partial charge in [-0.3, -0.25) is 4.79 Å². The number of pyridine rings is 1. The van der Waals surface area contributed by atoms with Crippen LogP contribution in [-0.2, 0) is 6.54 Å². The summed E-state index contributed by atoms with van der Waals surface area (Å²) in [4.78, 5) is 15.9. The van der Waals surface area contributed by atoms with Crippen molar-refractivity contribution in [3.8, 4) is 0 Å². The molecule has 1 aromatic heterocycles. The first kappa shape index (κ1) is 15.0. The van der Waals surface area contributed by atoms with E-state index in [1.54, 1.807) is 0 Å². The van der Waals surface area contributed by atoms with Crippen molar-refractivity contribution in [1.29, 1.82) is 0 Å². The molecule has 2 rings (SSSR count). The van der Waals surface area contributed by atoms with Gasteiger partial charge in [-0.05, 0) is 25.5 Å². The summed E-state index contributed by atoms with van der Waals surface area (Å²) in [6.45, 7) is 4.73. The van der Waals surface area contributed by atoms with Crippen LogP contribution in [0, 0.1) is 12.7 Å². The van der Waals surface area contributed by atoms with E-state index in [9.17, 15) is 9.18 Å². The van der Waals surface area contributed by atoms with E-state index in [0.29, 0.717) is 13.1 Å². The Kier molecular flexibility index (Phi) is 4.87. The zero-order chi connectivity index (χ0) is 15.2. The average Bonchev–Trinajstić information content (AvgIpc) is 2.49. The van der Waals surface area contributed by atoms with Crippen molar-refractivity contribution in [2.24, 2.45) is 0 Å². The minimum Gasteiger partial charge on any atom is -0.368 e. The second kappa shape index (κ2) is 6.83. The van der Waals surface area contributed by atoms with Crippen LogP contribution < -0.4 is 10.6 Å². The third-order valence-corrected chi connectivity index (χ3v) is 3.05. The normalized spacial score (nSPS) is 10.2. The average molecular weight is 287 g/mol. The Hall–Kier alpha value is -2.43. The number of nitrogens with zero attached hydrogens (tertiary/aromatic N) is 1. The lowest BCUT2D eigenvalue weighted by Crippen LogP contribution is -2.24. The molecule has 1 amide bonds. The molecule has 0 unspecified atom stereocenters. The maximum Gasteiger partial charge on any atom is 0.254 e. The number of carbonyl (C=O) groups excluding carboxylic acids is 1. The van der Waals surface area contributed by atoms with Crippen LogP contribution in [0.15, 0.2) is 36.5 Å². The molecule has 5 heteroatoms. The molecule has 0 saturated carbocycles. The quantitative estimate of drug-likeness (QED) is 0.889. The van der Waals surface area contributed by atoms with Gasteiger partial charge in [0.05, 0.1) is 5.56 Å². The second-order valence-electron chi connectivity index (χ2n) is 4.72. The molecule has 0 atom stereocenters. The molecule has 2 aromatic rings. The Morgan fingerprint density at radius 1 is 1.24 bits per heavy atom. The number of nitrogens with one attached hydrogen (secondary N) is 2. The van der Waals surface area contributed by atoms with Gasteiger partial charge in [-0.25, -0.2) is 9.37 Å². The van der Waals surface area contributed by atoms with Crippen molar-refractivity contribution in [2.45, 2.75) is 20.4 Å². The highest BCUT2D eigenvalue weighted by molar-refractivity contribution is 5.95. The number of halogens is 1. The molecular weight excluding hydrogens is 269 g/mol. The lowest BCUT2D eigenvalue weighted by atomic mass is 10.1. The summed E-state index contributed by atoms with van der Waals surface area (Å²) in [5.74, 6) is -0.976. The second-order valence-corrected chi connectivity index (χ2v) is 4.72. The van der Waals surface area contributed by atoms with Crippen molar-refractivity contribution in [2.75, 3.05) is 11.9 Å². The number of carbonyl (C=O) groups is 1. The number of hydrogen-bond donors (Lipinski definition) is 2. The van der Waals surface area contributed by atoms with Gasteiger partial charge in [-0.2, -0.15) is 0 Å². The third kappa shape index (κ3) is 3.78. The lowest BCUT2D eigenvalue weighted by Gasteiger charge is -2.09. The Morgan fingerprint density at radius 3 is 2.62 bits per heavy atom. The fraction of sp³-hybridized carbons (Fsp3) is 0.250. The highest BCUT2D eigenvalue weighted by Gasteiger charge is 2.15. The van der Waals surface area contributed by atoms with Crippen LogP contribution in [0.2, 0.25) is 0 Å². The summed E-state index contributed by atoms with van der Waals surface area (Å²) in [6, 6.07) is 9.18. The highest BCUT2D eigenvalue weighted by atomic mass is 19.1. The summed E-state index contributed by atoms with van der Waals surface area (Å²) < 4.78 is 14.1. The molecule has 0 saturated heterocycles. The van der Waals surface area contributed by atoms with Crippen molar-refractivity contribution in [1.82, 2.24) is 10.3 Å². The number of benzene rings is 1. The van der Waals surface area contributed by atoms with E-state index >= 15 is 0 Å². The van der Waals surface area contributed by atoms with Gasteiger partial charge in [0.2, 0.25) is 0 Å². The minimum atomic E-state index is -0.624. The molecule has 0 aliphatic carbocycles. The predicted molar refractivity (Wildman–Crippen MR) is 80.7 cm³/mol. The first-order chi connectivity index (χ1) is 10.1. The molecule has 2 N–H and O–H groups in total. The Bertz CT molecular complexity index is 626. The number of anilines is 1. The summed E-state index contributed by atoms with van der Waals surface area (Å²) in [7, 11) is 0. The first-order valence-electron chi connectivity index (χ1n) is 6.84. The van der Waals surface area contributed by atoms with Gasteiger partial charge in [-0.15, -0.1) is 0 Å². The van der Waals surface area contributed by atoms with E-state index < -0.39 is 11.7 Å². The standard InChI is InChI=1S/C16H18FN3O/c1-3-18-15-14(17)13(8-9-19-15)16(21)20-10-12-6-4-11(2)5-7-12/h4-9H,3,10H2,1-2H3,(H,18,19)(H,20,21). The van der Waals surface area contributed by atoms with Crippen LogP contribution in [0.25, 0.3) is 0 Å². The molecule has 0 fully saturated rings. The van der Waals surface area contributed by atoms with Gasteiger partial charge in [0.1, 0.15) is 0 Å². The Morgan fingerprint density at radius 2 is 1.95 bits per heavy atom. The third-order valence-electron chi connectivity index (χ3n) is 3.05. The molecule has 0 spiro atoms. The Balaban J connectivity index is 2.06. The molecule has 0 bridgehead atoms. The highest BCUT2D eigenvalue weighted by Crippen LogP contribution is 2.15. The van der Waals surface area contributed by atoms with Gasteiger partial charge in [0, 0.05) is 19.3 Å². The number of rotatable bonds is 5. The van der Waals surface area contributed by atoms with Crippen LogP contribution >= 0.6 is 0 Å². The van der Waals surface area contributed by atoms with E-state index in [-0.39, 0.29) is 11.4 Å². The molecule has 21 heavy (non-hydrogen) atoms. The molecule has 0 radical (unpaired) electrons. The zero-order valence-electron chi connectivity index (χ0n) is 12.1. The smallest absolute Gasteiger partial charge is 0.254 e. The maximum atomic E-state index is 14.1. The van der Waals surface area contributed by atoms with Crippen molar-refractivity contribution in [3.63, 3.8) is 0 Å². The predicted octanol–water partition coefficient (Wildman–Crippen LogP) is 2.89. The van der Waals surface area contributed by atoms with Crippen molar-refractivity contribution in [3.05, 3.63) is 59.0 Å². The minimum absolute atomic E-state index is 0.00642. The van der Waals surface area contributed by atoms with E-state index in [2.05, 4.69) is 15.6 Å². The molecular formula is C16H18FN3O. The molecule has 4 nitrogen and oxygen atoms in total. The zero-order valence-corrected chi connectivity index (χ0v) is 12.1. The van der Waals surface area contributed by atoms with Crippen molar-refractivity contribution < 1.29 is 9.18 Å². The number of hydrogen-bond acceptors (Lipinski definition) is 3. The fourth-order valence-corrected chi connectivity index (χ4v) is 1.89. The van der Waals surface area contributed by atoms with E-state index in [4.69, 9.17) is 0 Å². The van der Waals surface area contributed by atoms with Crippen LogP contribution in [0.4, 0.5) is 10.2 Å². The molecule has 1 heterocycles. The molecule has 110 valence electrons. The van der Waals surface area contributed by atoms with E-state index in [1.807, 2.05) is 38.1 Å². The first-order valence-corrected chi connectivity index (χ1v) is 6.84. The van der Waals surface area contributed by atoms with Gasteiger partial charge < -0.3 is 10.6 Å². The topological polar surface area (TPSA) is 54.0 Å². The fourth-order valence-electron chi connectivity index (χ4n) is 1.89. The molecule has 1 aromatic carbocycles. The van der Waals surface area contributed by atoms with E-state index in [1.165, 1.54) is 12.3 Å². The molecule has 0 aliphatic rings. The monoisotopic (exact) mass is 287 g/mol. The maximum absolute atomic E-state index is 14.1. The summed E-state index contributed by atoms with van der Waals surface area (Å²) in [5, 5.41) is 5.50. The van der Waals surface area contributed by atoms with Gasteiger partial charge >= 0.3 is 0 Å². The van der Waals surface area contributed by atoms with Crippen LogP contribution in [0.3, 0.4) is 0 Å². The van der Waals surface area contributed by atoms with Crippen LogP contribution in [0.5, 0.6) is 0 Å². The van der Waals surface area contributed by atoms with Gasteiger partial charge in [0.25, 0.3) is 5.91 Å². The van der Waals surface area contributed by atoms with Crippen LogP contribution in [-0.4, -0.2) is 17.4 Å². The summed E-state index contributed by atoms with van der Waals surface area (Å²) in [5.41, 5.74) is 2.11. The number of amides is 1. The SMILES string of the molecule is CCNc1nccc(C(=O)NCc2ccc(C)cc2)c1F. The van der Waals surface area contributed by atoms with Gasteiger partial charge in [-0.1, -0.05) is 29.8 Å². The van der Waals surface area contributed by atoms with E-state index in [0.717, 1.165) is 11.1 Å². The molecule has 0 aliphatic heterocycles.